The van der Waals surface area contributed by atoms with Crippen LogP contribution in [0.4, 0.5) is 0 Å². The Labute approximate surface area is 328 Å². The van der Waals surface area contributed by atoms with E-state index < -0.39 is 7.14 Å². The summed E-state index contributed by atoms with van der Waals surface area (Å²) in [5, 5.41) is 5.65. The van der Waals surface area contributed by atoms with Crippen LogP contribution in [-0.4, -0.2) is 9.55 Å². The van der Waals surface area contributed by atoms with Gasteiger partial charge in [-0.25, -0.2) is 4.98 Å². The Morgan fingerprint density at radius 1 is 0.463 bits per heavy atom. The van der Waals surface area contributed by atoms with Crippen LogP contribution in [0.2, 0.25) is 0 Å². The lowest BCUT2D eigenvalue weighted by Gasteiger charge is -2.20. The van der Waals surface area contributed by atoms with E-state index in [9.17, 15) is 4.57 Å². The molecule has 0 fully saturated rings. The zero-order valence-corrected chi connectivity index (χ0v) is 32.2. The average Bonchev–Trinajstić information content (AvgIpc) is 3.26. The van der Waals surface area contributed by atoms with Crippen LogP contribution in [0.3, 0.4) is 0 Å². The maximum atomic E-state index is 15.0. The summed E-state index contributed by atoms with van der Waals surface area (Å²) in [6.45, 7) is 0. The lowest BCUT2D eigenvalue weighted by molar-refractivity contribution is 0.592. The topological polar surface area (TPSA) is 47.2 Å². The zero-order valence-electron chi connectivity index (χ0n) is 29.1. The summed E-state index contributed by atoms with van der Waals surface area (Å²) in [6, 6.07) is 68.1. The fourth-order valence-corrected chi connectivity index (χ4v) is 10.4. The molecule has 0 aliphatic heterocycles. The summed E-state index contributed by atoms with van der Waals surface area (Å²) in [6.07, 6.45) is 0. The molecule has 54 heavy (non-hydrogen) atoms. The minimum atomic E-state index is -3.05. The molecule has 0 amide bonds. The molecule has 9 aromatic rings. The normalized spacial score (nSPS) is 12.0. The Balaban J connectivity index is 1.07. The van der Waals surface area contributed by atoms with Crippen LogP contribution >= 0.6 is 30.0 Å². The van der Waals surface area contributed by atoms with Crippen molar-refractivity contribution in [3.05, 3.63) is 206 Å². The molecule has 0 saturated carbocycles. The van der Waals surface area contributed by atoms with E-state index in [1.807, 2.05) is 103 Å². The van der Waals surface area contributed by atoms with Crippen molar-refractivity contribution < 1.29 is 4.57 Å². The highest BCUT2D eigenvalue weighted by molar-refractivity contribution is 14.1. The van der Waals surface area contributed by atoms with Crippen LogP contribution < -0.4 is 21.4 Å². The first-order valence-corrected chi connectivity index (χ1v) is 20.5. The van der Waals surface area contributed by atoms with Crippen molar-refractivity contribution in [3.8, 4) is 39.3 Å². The molecular weight excluding hydrogens is 792 g/mol. The lowest BCUT2D eigenvalue weighted by atomic mass is 9.98. The van der Waals surface area contributed by atoms with E-state index in [2.05, 4.69) is 124 Å². The van der Waals surface area contributed by atoms with E-state index in [1.54, 1.807) is 0 Å². The summed E-state index contributed by atoms with van der Waals surface area (Å²) in [5.41, 5.74) is 8.22. The predicted octanol–water partition coefficient (Wildman–Crippen LogP) is 11.1. The molecule has 4 nitrogen and oxygen atoms in total. The number of halogens is 1. The van der Waals surface area contributed by atoms with Gasteiger partial charge in [0.2, 0.25) is 0 Å². The van der Waals surface area contributed by atoms with Gasteiger partial charge < -0.3 is 4.57 Å². The Kier molecular flexibility index (Phi) is 9.11. The summed E-state index contributed by atoms with van der Waals surface area (Å²) >= 11 is 2.11. The van der Waals surface area contributed by atoms with Gasteiger partial charge in [-0.1, -0.05) is 164 Å². The maximum absolute atomic E-state index is 15.0. The van der Waals surface area contributed by atoms with Gasteiger partial charge in [-0.3, -0.25) is 4.57 Å². The first kappa shape index (κ1) is 33.9. The van der Waals surface area contributed by atoms with Crippen LogP contribution in [0.25, 0.3) is 61.0 Å². The number of fused-ring (bicyclic) bond motifs is 2. The van der Waals surface area contributed by atoms with E-state index in [-0.39, 0.29) is 0 Å². The van der Waals surface area contributed by atoms with Gasteiger partial charge in [0.05, 0.1) is 28.4 Å². The Hall–Kier alpha value is -5.88. The molecular formula is C48H33IN3OP. The van der Waals surface area contributed by atoms with Crippen LogP contribution in [0.15, 0.2) is 203 Å². The molecule has 0 spiro atoms. The Bertz CT molecular complexity index is 2850. The second-order valence-electron chi connectivity index (χ2n) is 13.2. The molecule has 0 aliphatic rings. The molecule has 0 radical (unpaired) electrons. The first-order valence-electron chi connectivity index (χ1n) is 17.8. The van der Waals surface area contributed by atoms with E-state index in [1.165, 1.54) is 0 Å². The molecule has 8 aromatic carbocycles. The number of para-hydroxylation sites is 1. The molecule has 1 heterocycles. The van der Waals surface area contributed by atoms with Crippen molar-refractivity contribution in [1.82, 2.24) is 9.55 Å². The number of hydrogen-bond donors (Lipinski definition) is 0. The molecule has 0 saturated heterocycles. The fraction of sp³-hybridized carbons (Fsp3) is 0. The molecule has 0 atom stereocenters. The van der Waals surface area contributed by atoms with Crippen LogP contribution in [0, 0.1) is 0 Å². The van der Waals surface area contributed by atoms with Gasteiger partial charge in [0.1, 0.15) is 5.82 Å². The van der Waals surface area contributed by atoms with E-state index in [4.69, 9.17) is 8.19 Å². The molecule has 1 aromatic heterocycles. The quantitative estimate of drug-likeness (QED) is 0.119. The average molecular weight is 826 g/mol. The lowest BCUT2D eigenvalue weighted by Crippen LogP contribution is -2.24. The summed E-state index contributed by atoms with van der Waals surface area (Å²) in [7, 11) is -3.05. The van der Waals surface area contributed by atoms with Crippen LogP contribution in [0.1, 0.15) is 0 Å². The highest BCUT2D eigenvalue weighted by atomic mass is 127. The van der Waals surface area contributed by atoms with Crippen LogP contribution in [0.5, 0.6) is 0 Å². The predicted molar refractivity (Wildman–Crippen MR) is 234 cm³/mol. The van der Waals surface area contributed by atoms with Gasteiger partial charge in [0.25, 0.3) is 0 Å². The third kappa shape index (κ3) is 6.19. The van der Waals surface area contributed by atoms with Gasteiger partial charge >= 0.3 is 0 Å². The van der Waals surface area contributed by atoms with Gasteiger partial charge in [-0.2, -0.15) is 3.21 Å². The van der Waals surface area contributed by atoms with Crippen molar-refractivity contribution in [2.75, 3.05) is 0 Å². The largest absolute Gasteiger partial charge is 0.309 e. The SMILES string of the molecule is O=P(c1ccccc1)(c1ccccc1)c1ccc2cc(-c3ccc(-c4ccc5nc(-c6ccccc6)n(-c6ccccc6)c(=NI)c5c4)cc3)ccc2c1. The second-order valence-corrected chi connectivity index (χ2v) is 16.5. The van der Waals surface area contributed by atoms with Crippen molar-refractivity contribution >= 4 is 67.6 Å². The standard InChI is InChI=1S/C48H33IN3OP/c49-51-48-45-33-40(28-30-46(45)50-47(36-13-5-1-6-14-36)52(48)41-15-7-2-8-16-41)35-23-21-34(22-24-35)37-25-26-39-32-44(29-27-38(39)31-37)54(53,42-17-9-3-10-18-42)43-19-11-4-12-20-43/h1-33H. The number of nitrogens with zero attached hydrogens (tertiary/aromatic N) is 3. The van der Waals surface area contributed by atoms with Gasteiger partial charge in [0.15, 0.2) is 12.6 Å². The second kappa shape index (κ2) is 14.5. The maximum Gasteiger partial charge on any atom is 0.171 e. The third-order valence-electron chi connectivity index (χ3n) is 9.99. The molecule has 9 rings (SSSR count). The highest BCUT2D eigenvalue weighted by Crippen LogP contribution is 2.43. The van der Waals surface area contributed by atoms with Crippen molar-refractivity contribution in [3.63, 3.8) is 0 Å². The minimum Gasteiger partial charge on any atom is -0.309 e. The highest BCUT2D eigenvalue weighted by Gasteiger charge is 2.29. The third-order valence-corrected chi connectivity index (χ3v) is 13.5. The number of aromatic nitrogens is 2. The molecule has 0 aliphatic carbocycles. The Morgan fingerprint density at radius 3 is 1.57 bits per heavy atom. The smallest absolute Gasteiger partial charge is 0.171 e. The van der Waals surface area contributed by atoms with E-state index >= 15 is 0 Å². The molecule has 0 bridgehead atoms. The number of rotatable bonds is 7. The van der Waals surface area contributed by atoms with E-state index in [0.29, 0.717) is 0 Å². The number of hydrogen-bond acceptors (Lipinski definition) is 3. The van der Waals surface area contributed by atoms with Gasteiger partial charge in [-0.15, -0.1) is 0 Å². The number of benzene rings is 8. The zero-order chi connectivity index (χ0) is 36.5. The fourth-order valence-electron chi connectivity index (χ4n) is 7.25. The van der Waals surface area contributed by atoms with Crippen molar-refractivity contribution in [2.24, 2.45) is 3.21 Å². The van der Waals surface area contributed by atoms with Gasteiger partial charge in [-0.05, 0) is 69.4 Å². The van der Waals surface area contributed by atoms with Gasteiger partial charge in [0, 0.05) is 32.6 Å². The summed E-state index contributed by atoms with van der Waals surface area (Å²) in [4.78, 5) is 5.18. The monoisotopic (exact) mass is 825 g/mol. The summed E-state index contributed by atoms with van der Waals surface area (Å²) < 4.78 is 21.9. The molecule has 0 N–H and O–H groups in total. The van der Waals surface area contributed by atoms with Crippen molar-refractivity contribution in [1.29, 1.82) is 0 Å². The molecule has 258 valence electrons. The van der Waals surface area contributed by atoms with Crippen molar-refractivity contribution in [2.45, 2.75) is 0 Å². The van der Waals surface area contributed by atoms with Crippen LogP contribution in [-0.2, 0) is 4.57 Å². The minimum absolute atomic E-state index is 0.833. The molecule has 6 heteroatoms. The van der Waals surface area contributed by atoms with E-state index in [0.717, 1.165) is 82.4 Å². The molecule has 0 unspecified atom stereocenters. The Morgan fingerprint density at radius 2 is 0.963 bits per heavy atom. The summed E-state index contributed by atoms with van der Waals surface area (Å²) in [5.74, 6) is 0.842. The first-order chi connectivity index (χ1) is 26.6.